The van der Waals surface area contributed by atoms with E-state index >= 15 is 0 Å². The standard InChI is InChI=1S/C35H55N3O19P2/c1-34(2,32(41)42)28(54-18-14-52-16-20-56-58(45,46)47)24-25(29(35(3,4)33(43)44)55-19-15-53-17-21-57-59(48,49)50)27(31(40)37(7)8)38(26(24)30(39)36(5)6)22-10-12-23(51-9)13-11-22/h10-13,28-29H,14-21H2,1-9H3,(H,41,42)(H,43,44)(H2,45,46,47)(H2,48,49,50). The Morgan fingerprint density at radius 3 is 1.25 bits per heavy atom. The van der Waals surface area contributed by atoms with E-state index in [1.54, 1.807) is 12.1 Å². The second-order valence-electron chi connectivity index (χ2n) is 14.4. The summed E-state index contributed by atoms with van der Waals surface area (Å²) >= 11 is 0. The maximum Gasteiger partial charge on any atom is 0.469 e. The van der Waals surface area contributed by atoms with Crippen molar-refractivity contribution in [2.24, 2.45) is 10.8 Å². The van der Waals surface area contributed by atoms with Crippen molar-refractivity contribution in [2.45, 2.75) is 39.9 Å². The quantitative estimate of drug-likeness (QED) is 0.0584. The Bertz CT molecular complexity index is 1740. The number of rotatable bonds is 26. The first-order valence-corrected chi connectivity index (χ1v) is 20.9. The third-order valence-corrected chi connectivity index (χ3v) is 9.77. The third-order valence-electron chi connectivity index (χ3n) is 8.73. The summed E-state index contributed by atoms with van der Waals surface area (Å²) in [6.45, 7) is 2.24. The third kappa shape index (κ3) is 14.2. The Labute approximate surface area is 341 Å². The van der Waals surface area contributed by atoms with Crippen LogP contribution in [0, 0.1) is 10.8 Å². The van der Waals surface area contributed by atoms with Crippen LogP contribution in [0.4, 0.5) is 0 Å². The topological polar surface area (TPSA) is 300 Å². The van der Waals surface area contributed by atoms with Gasteiger partial charge >= 0.3 is 27.6 Å². The number of ether oxygens (including phenoxy) is 5. The van der Waals surface area contributed by atoms with Gasteiger partial charge in [-0.2, -0.15) is 0 Å². The number of benzene rings is 1. The molecule has 0 bridgehead atoms. The Hall–Kier alpha value is -3.76. The highest BCUT2D eigenvalue weighted by Gasteiger charge is 2.51. The molecule has 0 spiro atoms. The van der Waals surface area contributed by atoms with Gasteiger partial charge in [-0.15, -0.1) is 0 Å². The van der Waals surface area contributed by atoms with Crippen LogP contribution in [0.25, 0.3) is 5.69 Å². The molecule has 1 aromatic carbocycles. The molecule has 22 nitrogen and oxygen atoms in total. The Morgan fingerprint density at radius 1 is 0.627 bits per heavy atom. The highest BCUT2D eigenvalue weighted by atomic mass is 31.2. The number of aromatic nitrogens is 1. The van der Waals surface area contributed by atoms with Gasteiger partial charge in [0.1, 0.15) is 29.3 Å². The molecule has 1 aromatic heterocycles. The fourth-order valence-electron chi connectivity index (χ4n) is 5.59. The van der Waals surface area contributed by atoms with Crippen molar-refractivity contribution >= 4 is 39.4 Å². The van der Waals surface area contributed by atoms with Crippen LogP contribution in [-0.4, -0.2) is 156 Å². The second-order valence-corrected chi connectivity index (χ2v) is 16.9. The molecule has 334 valence electrons. The first-order valence-electron chi connectivity index (χ1n) is 17.8. The smallest absolute Gasteiger partial charge is 0.469 e. The van der Waals surface area contributed by atoms with Crippen LogP contribution in [-0.2, 0) is 46.7 Å². The molecule has 0 aliphatic rings. The lowest BCUT2D eigenvalue weighted by molar-refractivity contribution is -0.161. The minimum Gasteiger partial charge on any atom is -0.497 e. The van der Waals surface area contributed by atoms with Crippen LogP contribution in [0.1, 0.15) is 72.0 Å². The van der Waals surface area contributed by atoms with Crippen molar-refractivity contribution < 1.29 is 90.8 Å². The number of nitrogens with zero attached hydrogens (tertiary/aromatic N) is 3. The molecule has 24 heteroatoms. The van der Waals surface area contributed by atoms with Crippen molar-refractivity contribution in [1.29, 1.82) is 0 Å². The van der Waals surface area contributed by atoms with Crippen LogP contribution in [0.5, 0.6) is 5.75 Å². The minimum atomic E-state index is -4.79. The maximum atomic E-state index is 14.6. The van der Waals surface area contributed by atoms with E-state index in [1.165, 1.54) is 89.5 Å². The van der Waals surface area contributed by atoms with Gasteiger partial charge in [-0.3, -0.25) is 32.8 Å². The number of hydrogen-bond acceptors (Lipinski definition) is 13. The van der Waals surface area contributed by atoms with Crippen LogP contribution < -0.4 is 4.74 Å². The Kier molecular flexibility index (Phi) is 18.9. The molecule has 2 aromatic rings. The van der Waals surface area contributed by atoms with Gasteiger partial charge in [-0.1, -0.05) is 0 Å². The van der Waals surface area contributed by atoms with Gasteiger partial charge in [-0.25, -0.2) is 9.13 Å². The summed E-state index contributed by atoms with van der Waals surface area (Å²) in [4.78, 5) is 93.7. The predicted molar refractivity (Wildman–Crippen MR) is 206 cm³/mol. The summed E-state index contributed by atoms with van der Waals surface area (Å²) in [5.74, 6) is -3.95. The van der Waals surface area contributed by atoms with Crippen LogP contribution in [0.15, 0.2) is 24.3 Å². The number of carboxylic acids is 2. The van der Waals surface area contributed by atoms with Crippen LogP contribution in [0.2, 0.25) is 0 Å². The molecule has 0 saturated heterocycles. The first-order chi connectivity index (χ1) is 27.2. The second kappa shape index (κ2) is 21.7. The molecule has 0 aliphatic heterocycles. The number of aliphatic carboxylic acids is 2. The molecule has 0 aliphatic carbocycles. The maximum absolute atomic E-state index is 14.6. The lowest BCUT2D eigenvalue weighted by atomic mass is 9.75. The Balaban J connectivity index is 3.11. The first kappa shape index (κ1) is 51.4. The molecule has 0 radical (unpaired) electrons. The minimum absolute atomic E-state index is 0.203. The highest BCUT2D eigenvalue weighted by molar-refractivity contribution is 7.46. The molecule has 2 rings (SSSR count). The summed E-state index contributed by atoms with van der Waals surface area (Å²) < 4.78 is 60.9. The van der Waals surface area contributed by atoms with Gasteiger partial charge < -0.3 is 63.3 Å². The predicted octanol–water partition coefficient (Wildman–Crippen LogP) is 2.48. The van der Waals surface area contributed by atoms with E-state index in [9.17, 15) is 38.5 Å². The number of carboxylic acid groups (broad SMARTS) is 2. The fourth-order valence-corrected chi connectivity index (χ4v) is 6.21. The average Bonchev–Trinajstić information content (AvgIpc) is 3.46. The summed E-state index contributed by atoms with van der Waals surface area (Å²) in [6, 6.07) is 6.16. The highest BCUT2D eigenvalue weighted by Crippen LogP contribution is 2.50. The van der Waals surface area contributed by atoms with Gasteiger partial charge in [-0.05, 0) is 52.0 Å². The van der Waals surface area contributed by atoms with Gasteiger partial charge in [0.05, 0.1) is 70.8 Å². The number of hydrogen-bond donors (Lipinski definition) is 6. The van der Waals surface area contributed by atoms with E-state index in [0.29, 0.717) is 5.75 Å². The molecular weight excluding hydrogens is 828 g/mol. The van der Waals surface area contributed by atoms with E-state index in [1.807, 2.05) is 0 Å². The largest absolute Gasteiger partial charge is 0.497 e. The van der Waals surface area contributed by atoms with Crippen molar-refractivity contribution in [3.05, 3.63) is 46.8 Å². The van der Waals surface area contributed by atoms with E-state index < -0.39 is 88.9 Å². The lowest BCUT2D eigenvalue weighted by Crippen LogP contribution is -2.39. The van der Waals surface area contributed by atoms with Gasteiger partial charge in [0.2, 0.25) is 0 Å². The number of phosphoric ester groups is 2. The normalized spacial score (nSPS) is 13.5. The molecule has 0 fully saturated rings. The van der Waals surface area contributed by atoms with Gasteiger partial charge in [0.25, 0.3) is 11.8 Å². The molecule has 2 atom stereocenters. The zero-order valence-electron chi connectivity index (χ0n) is 34.3. The lowest BCUT2D eigenvalue weighted by Gasteiger charge is -2.36. The monoisotopic (exact) mass is 883 g/mol. The summed E-state index contributed by atoms with van der Waals surface area (Å²) in [7, 11) is -2.48. The van der Waals surface area contributed by atoms with Gasteiger partial charge in [0, 0.05) is 45.0 Å². The average molecular weight is 884 g/mol. The molecule has 2 unspecified atom stereocenters. The fraction of sp³-hybridized carbons (Fsp3) is 0.600. The summed E-state index contributed by atoms with van der Waals surface area (Å²) in [6.07, 6.45) is -3.34. The van der Waals surface area contributed by atoms with Crippen molar-refractivity contribution in [3.8, 4) is 11.4 Å². The molecule has 2 amide bonds. The van der Waals surface area contributed by atoms with Crippen molar-refractivity contribution in [1.82, 2.24) is 14.4 Å². The number of amides is 2. The zero-order valence-corrected chi connectivity index (χ0v) is 36.1. The molecule has 0 saturated carbocycles. The molecular formula is C35H55N3O19P2. The summed E-state index contributed by atoms with van der Waals surface area (Å²) in [5.41, 5.74) is -4.69. The van der Waals surface area contributed by atoms with E-state index in [0.717, 1.165) is 0 Å². The van der Waals surface area contributed by atoms with E-state index in [2.05, 4.69) is 9.05 Å². The van der Waals surface area contributed by atoms with E-state index in [-0.39, 0.29) is 54.6 Å². The SMILES string of the molecule is COc1ccc(-n2c(C(=O)N(C)C)c(C(OCCOCCOP(=O)(O)O)C(C)(C)C(=O)O)c(C(OCCOCCOP(=O)(O)O)C(C)(C)C(=O)O)c2C(=O)N(C)C)cc1. The van der Waals surface area contributed by atoms with E-state index in [4.69, 9.17) is 43.3 Å². The summed E-state index contributed by atoms with van der Waals surface area (Å²) in [5, 5.41) is 21.4. The van der Waals surface area contributed by atoms with Crippen molar-refractivity contribution in [2.75, 3.05) is 88.2 Å². The number of carbonyl (C=O) groups excluding carboxylic acids is 2. The van der Waals surface area contributed by atoms with Crippen LogP contribution >= 0.6 is 15.6 Å². The van der Waals surface area contributed by atoms with Gasteiger partial charge in [0.15, 0.2) is 0 Å². The zero-order chi connectivity index (χ0) is 45.1. The molecule has 1 heterocycles. The number of carbonyl (C=O) groups is 4. The molecule has 59 heavy (non-hydrogen) atoms. The van der Waals surface area contributed by atoms with Crippen molar-refractivity contribution in [3.63, 3.8) is 0 Å². The van der Waals surface area contributed by atoms with Crippen LogP contribution in [0.3, 0.4) is 0 Å². The Morgan fingerprint density at radius 2 is 0.966 bits per heavy atom. The molecule has 6 N–H and O–H groups in total. The number of methoxy groups -OCH3 is 1. The number of phosphoric acid groups is 2.